The molecule has 0 unspecified atom stereocenters. The SMILES string of the molecule is CC1(C)c2cc(C#N)ccc2-c2ccc(-c3ccc4c(oc5ccccc54)c3-c3nc(-c4ccccc4)nc(-c4ccc(-c5ccccc5)cc4)n3)cc21. The molecule has 7 aromatic carbocycles. The van der Waals surface area contributed by atoms with Gasteiger partial charge in [0.15, 0.2) is 17.5 Å². The van der Waals surface area contributed by atoms with Gasteiger partial charge in [-0.2, -0.15) is 5.26 Å². The molecule has 5 heteroatoms. The second-order valence-electron chi connectivity index (χ2n) is 14.3. The highest BCUT2D eigenvalue weighted by molar-refractivity contribution is 6.12. The van der Waals surface area contributed by atoms with E-state index >= 15 is 0 Å². The van der Waals surface area contributed by atoms with Crippen molar-refractivity contribution in [3.05, 3.63) is 174 Å². The Hall–Kier alpha value is -7.16. The van der Waals surface area contributed by atoms with E-state index in [9.17, 15) is 5.26 Å². The summed E-state index contributed by atoms with van der Waals surface area (Å²) >= 11 is 0. The number of hydrogen-bond donors (Lipinski definition) is 0. The van der Waals surface area contributed by atoms with Gasteiger partial charge in [0, 0.05) is 27.3 Å². The summed E-state index contributed by atoms with van der Waals surface area (Å²) in [6.45, 7) is 4.47. The van der Waals surface area contributed by atoms with Crippen LogP contribution in [0.1, 0.15) is 30.5 Å². The van der Waals surface area contributed by atoms with Gasteiger partial charge in [-0.3, -0.25) is 0 Å². The Morgan fingerprint density at radius 2 is 1.02 bits per heavy atom. The molecule has 0 saturated heterocycles. The topological polar surface area (TPSA) is 75.6 Å². The Bertz CT molecular complexity index is 2960. The van der Waals surface area contributed by atoms with Gasteiger partial charge in [0.1, 0.15) is 11.2 Å². The average Bonchev–Trinajstić information content (AvgIpc) is 3.72. The monoisotopic (exact) mass is 692 g/mol. The van der Waals surface area contributed by atoms with E-state index in [0.29, 0.717) is 23.0 Å². The highest BCUT2D eigenvalue weighted by Gasteiger charge is 2.36. The Morgan fingerprint density at radius 1 is 0.481 bits per heavy atom. The molecule has 0 N–H and O–H groups in total. The largest absolute Gasteiger partial charge is 0.455 e. The average molecular weight is 693 g/mol. The van der Waals surface area contributed by atoms with Crippen molar-refractivity contribution in [2.75, 3.05) is 0 Å². The predicted octanol–water partition coefficient (Wildman–Crippen LogP) is 12.3. The first-order chi connectivity index (χ1) is 26.5. The van der Waals surface area contributed by atoms with Crippen LogP contribution in [-0.4, -0.2) is 15.0 Å². The molecular formula is C49H32N4O. The summed E-state index contributed by atoms with van der Waals surface area (Å²) in [6, 6.07) is 56.3. The molecule has 0 spiro atoms. The number of nitrogens with zero attached hydrogens (tertiary/aromatic N) is 4. The zero-order valence-corrected chi connectivity index (χ0v) is 29.7. The Morgan fingerprint density at radius 3 is 1.74 bits per heavy atom. The minimum atomic E-state index is -0.302. The van der Waals surface area contributed by atoms with Crippen molar-refractivity contribution in [2.45, 2.75) is 19.3 Å². The first-order valence-corrected chi connectivity index (χ1v) is 18.1. The second kappa shape index (κ2) is 12.2. The van der Waals surface area contributed by atoms with Crippen molar-refractivity contribution in [2.24, 2.45) is 0 Å². The van der Waals surface area contributed by atoms with E-state index in [1.165, 1.54) is 16.7 Å². The van der Waals surface area contributed by atoms with E-state index < -0.39 is 0 Å². The summed E-state index contributed by atoms with van der Waals surface area (Å²) in [6.07, 6.45) is 0. The van der Waals surface area contributed by atoms with E-state index in [1.807, 2.05) is 66.7 Å². The summed E-state index contributed by atoms with van der Waals surface area (Å²) in [5.41, 5.74) is 13.5. The van der Waals surface area contributed by atoms with Crippen LogP contribution >= 0.6 is 0 Å². The van der Waals surface area contributed by atoms with Crippen LogP contribution in [-0.2, 0) is 5.41 Å². The molecule has 2 aromatic heterocycles. The van der Waals surface area contributed by atoms with Crippen LogP contribution in [0.15, 0.2) is 162 Å². The summed E-state index contributed by atoms with van der Waals surface area (Å²) in [5.74, 6) is 1.70. The number of rotatable bonds is 5. The van der Waals surface area contributed by atoms with Crippen LogP contribution in [0.5, 0.6) is 0 Å². The van der Waals surface area contributed by atoms with Gasteiger partial charge in [-0.05, 0) is 74.8 Å². The third-order valence-electron chi connectivity index (χ3n) is 10.8. The van der Waals surface area contributed by atoms with Gasteiger partial charge < -0.3 is 4.42 Å². The minimum absolute atomic E-state index is 0.302. The molecular weight excluding hydrogens is 661 g/mol. The molecule has 254 valence electrons. The molecule has 0 atom stereocenters. The maximum absolute atomic E-state index is 9.70. The first kappa shape index (κ1) is 31.6. The zero-order valence-electron chi connectivity index (χ0n) is 29.7. The van der Waals surface area contributed by atoms with Crippen LogP contribution in [0, 0.1) is 11.3 Å². The lowest BCUT2D eigenvalue weighted by atomic mass is 9.81. The molecule has 0 amide bonds. The molecule has 10 rings (SSSR count). The minimum Gasteiger partial charge on any atom is -0.455 e. The highest BCUT2D eigenvalue weighted by atomic mass is 16.3. The first-order valence-electron chi connectivity index (χ1n) is 18.1. The van der Waals surface area contributed by atoms with Crippen molar-refractivity contribution in [3.8, 4) is 73.6 Å². The van der Waals surface area contributed by atoms with Crippen molar-refractivity contribution < 1.29 is 4.42 Å². The van der Waals surface area contributed by atoms with Gasteiger partial charge in [0.25, 0.3) is 0 Å². The number of hydrogen-bond acceptors (Lipinski definition) is 5. The number of furan rings is 1. The molecule has 0 bridgehead atoms. The molecule has 5 nitrogen and oxygen atoms in total. The predicted molar refractivity (Wildman–Crippen MR) is 217 cm³/mol. The van der Waals surface area contributed by atoms with Crippen LogP contribution in [0.2, 0.25) is 0 Å². The van der Waals surface area contributed by atoms with Crippen molar-refractivity contribution in [1.82, 2.24) is 15.0 Å². The number of fused-ring (bicyclic) bond motifs is 6. The van der Waals surface area contributed by atoms with Gasteiger partial charge in [-0.15, -0.1) is 0 Å². The number of para-hydroxylation sites is 1. The number of benzene rings is 7. The Balaban J connectivity index is 1.21. The molecule has 0 saturated carbocycles. The van der Waals surface area contributed by atoms with Gasteiger partial charge in [0.05, 0.1) is 17.2 Å². The molecule has 0 aliphatic heterocycles. The summed E-state index contributed by atoms with van der Waals surface area (Å²) in [7, 11) is 0. The Kier molecular flexibility index (Phi) is 7.14. The number of nitriles is 1. The molecule has 54 heavy (non-hydrogen) atoms. The highest BCUT2D eigenvalue weighted by Crippen LogP contribution is 2.51. The van der Waals surface area contributed by atoms with Crippen LogP contribution in [0.25, 0.3) is 89.5 Å². The summed E-state index contributed by atoms with van der Waals surface area (Å²) in [4.78, 5) is 15.5. The van der Waals surface area contributed by atoms with E-state index in [0.717, 1.165) is 66.4 Å². The number of aromatic nitrogens is 3. The fourth-order valence-electron chi connectivity index (χ4n) is 8.00. The van der Waals surface area contributed by atoms with Crippen LogP contribution in [0.4, 0.5) is 0 Å². The van der Waals surface area contributed by atoms with E-state index in [2.05, 4.69) is 111 Å². The smallest absolute Gasteiger partial charge is 0.168 e. The lowest BCUT2D eigenvalue weighted by Crippen LogP contribution is -2.15. The van der Waals surface area contributed by atoms with E-state index in [1.54, 1.807) is 0 Å². The lowest BCUT2D eigenvalue weighted by Gasteiger charge is -2.22. The van der Waals surface area contributed by atoms with Crippen LogP contribution in [0.3, 0.4) is 0 Å². The van der Waals surface area contributed by atoms with E-state index in [-0.39, 0.29) is 5.41 Å². The third kappa shape index (κ3) is 5.03. The van der Waals surface area contributed by atoms with Gasteiger partial charge >= 0.3 is 0 Å². The molecule has 0 radical (unpaired) electrons. The fraction of sp³-hybridized carbons (Fsp3) is 0.0612. The molecule has 2 heterocycles. The van der Waals surface area contributed by atoms with E-state index in [4.69, 9.17) is 19.4 Å². The van der Waals surface area contributed by atoms with Gasteiger partial charge in [0.2, 0.25) is 0 Å². The van der Waals surface area contributed by atoms with Gasteiger partial charge in [-0.25, -0.2) is 15.0 Å². The quantitative estimate of drug-likeness (QED) is 0.179. The van der Waals surface area contributed by atoms with Gasteiger partial charge in [-0.1, -0.05) is 141 Å². The summed E-state index contributed by atoms with van der Waals surface area (Å²) in [5, 5.41) is 11.7. The van der Waals surface area contributed by atoms with Crippen molar-refractivity contribution >= 4 is 21.9 Å². The maximum Gasteiger partial charge on any atom is 0.168 e. The zero-order chi connectivity index (χ0) is 36.4. The fourth-order valence-corrected chi connectivity index (χ4v) is 8.00. The normalized spacial score (nSPS) is 12.8. The molecule has 9 aromatic rings. The van der Waals surface area contributed by atoms with Crippen molar-refractivity contribution in [3.63, 3.8) is 0 Å². The molecule has 1 aliphatic carbocycles. The summed E-state index contributed by atoms with van der Waals surface area (Å²) < 4.78 is 6.73. The lowest BCUT2D eigenvalue weighted by molar-refractivity contribution is 0.660. The maximum atomic E-state index is 9.70. The molecule has 1 aliphatic rings. The Labute approximate surface area is 312 Å². The standard InChI is InChI=1S/C49H32N4O/c1-49(2)41-27-30(29-50)17-23-37(41)38-24-22-35(28-42(38)49)36-25-26-40-39-15-9-10-16-43(39)54-45(40)44(36)48-52-46(33-13-7-4-8-14-33)51-47(53-48)34-20-18-32(19-21-34)31-11-5-3-6-12-31/h3-28H,1-2H3. The third-order valence-corrected chi connectivity index (χ3v) is 10.8. The van der Waals surface area contributed by atoms with Crippen molar-refractivity contribution in [1.29, 1.82) is 5.26 Å². The molecule has 0 fully saturated rings. The van der Waals surface area contributed by atoms with Crippen LogP contribution < -0.4 is 0 Å². The second-order valence-corrected chi connectivity index (χ2v) is 14.3.